The molecule has 1 atom stereocenters. The van der Waals surface area contributed by atoms with E-state index >= 15 is 0 Å². The Hall–Kier alpha value is -0.820. The number of benzene rings is 1. The Balaban J connectivity index is 1.89. The van der Waals surface area contributed by atoms with Gasteiger partial charge in [0.1, 0.15) is 0 Å². The molecule has 1 heterocycles. The molecule has 0 radical (unpaired) electrons. The van der Waals surface area contributed by atoms with E-state index in [1.54, 1.807) is 0 Å². The van der Waals surface area contributed by atoms with Crippen LogP contribution in [-0.4, -0.2) is 13.1 Å². The number of rotatable bonds is 3. The molecule has 0 saturated carbocycles. The lowest BCUT2D eigenvalue weighted by atomic mass is 9.86. The van der Waals surface area contributed by atoms with Gasteiger partial charge < -0.3 is 5.32 Å². The van der Waals surface area contributed by atoms with Gasteiger partial charge in [-0.15, -0.1) is 0 Å². The monoisotopic (exact) mass is 231 g/mol. The van der Waals surface area contributed by atoms with Gasteiger partial charge in [0.15, 0.2) is 0 Å². The Bertz CT molecular complexity index is 339. The molecule has 0 aromatic heterocycles. The third kappa shape index (κ3) is 3.57. The summed E-state index contributed by atoms with van der Waals surface area (Å²) in [5.41, 5.74) is 3.20. The van der Waals surface area contributed by atoms with Crippen LogP contribution in [0.5, 0.6) is 0 Å². The minimum atomic E-state index is 0.272. The Labute approximate surface area is 106 Å². The molecule has 1 saturated heterocycles. The fraction of sp³-hybridized carbons (Fsp3) is 0.625. The van der Waals surface area contributed by atoms with E-state index in [4.69, 9.17) is 0 Å². The molecule has 0 aliphatic carbocycles. The van der Waals surface area contributed by atoms with Crippen LogP contribution in [0.4, 0.5) is 0 Å². The van der Waals surface area contributed by atoms with Gasteiger partial charge in [-0.05, 0) is 54.8 Å². The third-order valence-corrected chi connectivity index (χ3v) is 3.82. The van der Waals surface area contributed by atoms with Crippen molar-refractivity contribution in [1.82, 2.24) is 5.32 Å². The predicted molar refractivity (Wildman–Crippen MR) is 74.4 cm³/mol. The first-order valence-corrected chi connectivity index (χ1v) is 6.86. The second kappa shape index (κ2) is 5.22. The Kier molecular flexibility index (Phi) is 3.88. The minimum absolute atomic E-state index is 0.272. The van der Waals surface area contributed by atoms with Gasteiger partial charge in [-0.3, -0.25) is 0 Å². The van der Waals surface area contributed by atoms with Gasteiger partial charge in [0.25, 0.3) is 0 Å². The molecule has 0 bridgehead atoms. The summed E-state index contributed by atoms with van der Waals surface area (Å²) in [4.78, 5) is 0. The summed E-state index contributed by atoms with van der Waals surface area (Å²) in [6.45, 7) is 9.25. The molecule has 0 amide bonds. The predicted octanol–water partition coefficient (Wildman–Crippen LogP) is 3.53. The van der Waals surface area contributed by atoms with Crippen LogP contribution in [0.15, 0.2) is 24.3 Å². The molecule has 1 fully saturated rings. The van der Waals surface area contributed by atoms with Crippen molar-refractivity contribution < 1.29 is 0 Å². The van der Waals surface area contributed by atoms with Gasteiger partial charge in [0, 0.05) is 0 Å². The molecule has 17 heavy (non-hydrogen) atoms. The van der Waals surface area contributed by atoms with E-state index in [2.05, 4.69) is 50.4 Å². The van der Waals surface area contributed by atoms with Crippen LogP contribution in [0.25, 0.3) is 0 Å². The summed E-state index contributed by atoms with van der Waals surface area (Å²) in [5, 5.41) is 3.44. The van der Waals surface area contributed by atoms with Gasteiger partial charge in [-0.1, -0.05) is 45.0 Å². The van der Waals surface area contributed by atoms with Gasteiger partial charge in [-0.2, -0.15) is 0 Å². The number of hydrogen-bond acceptors (Lipinski definition) is 1. The van der Waals surface area contributed by atoms with Gasteiger partial charge in [-0.25, -0.2) is 0 Å². The van der Waals surface area contributed by atoms with E-state index < -0.39 is 0 Å². The maximum Gasteiger partial charge on any atom is -0.00199 e. The van der Waals surface area contributed by atoms with Crippen LogP contribution in [-0.2, 0) is 11.8 Å². The maximum absolute atomic E-state index is 3.44. The molecule has 1 N–H and O–H groups in total. The van der Waals surface area contributed by atoms with Crippen molar-refractivity contribution in [2.45, 2.75) is 45.4 Å². The van der Waals surface area contributed by atoms with Crippen molar-refractivity contribution in [2.24, 2.45) is 5.92 Å². The first-order chi connectivity index (χ1) is 8.05. The number of nitrogens with one attached hydrogen (secondary N) is 1. The van der Waals surface area contributed by atoms with Gasteiger partial charge >= 0.3 is 0 Å². The van der Waals surface area contributed by atoms with Gasteiger partial charge in [0.05, 0.1) is 0 Å². The zero-order valence-corrected chi connectivity index (χ0v) is 11.4. The SMILES string of the molecule is CC(C)(C)c1ccc(CCC2CCNC2)cc1. The minimum Gasteiger partial charge on any atom is -0.316 e. The summed E-state index contributed by atoms with van der Waals surface area (Å²) >= 11 is 0. The summed E-state index contributed by atoms with van der Waals surface area (Å²) in [6.07, 6.45) is 3.93. The van der Waals surface area contributed by atoms with Crippen LogP contribution in [0.2, 0.25) is 0 Å². The quantitative estimate of drug-likeness (QED) is 0.839. The fourth-order valence-electron chi connectivity index (χ4n) is 2.50. The van der Waals surface area contributed by atoms with E-state index in [1.807, 2.05) is 0 Å². The molecule has 2 rings (SSSR count). The fourth-order valence-corrected chi connectivity index (χ4v) is 2.50. The zero-order chi connectivity index (χ0) is 12.3. The van der Waals surface area contributed by atoms with Crippen LogP contribution >= 0.6 is 0 Å². The van der Waals surface area contributed by atoms with E-state index in [1.165, 1.54) is 43.5 Å². The second-order valence-electron chi connectivity index (χ2n) is 6.34. The van der Waals surface area contributed by atoms with Crippen molar-refractivity contribution >= 4 is 0 Å². The standard InChI is InChI=1S/C16H25N/c1-16(2,3)15-8-6-13(7-9-15)4-5-14-10-11-17-12-14/h6-9,14,17H,4-5,10-12H2,1-3H3. The van der Waals surface area contributed by atoms with Crippen LogP contribution in [0.3, 0.4) is 0 Å². The van der Waals surface area contributed by atoms with Crippen molar-refractivity contribution in [3.05, 3.63) is 35.4 Å². The smallest absolute Gasteiger partial charge is 0.00199 e. The lowest BCUT2D eigenvalue weighted by molar-refractivity contribution is 0.532. The van der Waals surface area contributed by atoms with E-state index in [0.29, 0.717) is 0 Å². The lowest BCUT2D eigenvalue weighted by Gasteiger charge is -2.19. The second-order valence-corrected chi connectivity index (χ2v) is 6.34. The highest BCUT2D eigenvalue weighted by atomic mass is 14.9. The molecular weight excluding hydrogens is 206 g/mol. The maximum atomic E-state index is 3.44. The van der Waals surface area contributed by atoms with Crippen LogP contribution in [0, 0.1) is 5.92 Å². The van der Waals surface area contributed by atoms with Crippen molar-refractivity contribution in [2.75, 3.05) is 13.1 Å². The molecule has 1 unspecified atom stereocenters. The Morgan fingerprint density at radius 1 is 1.18 bits per heavy atom. The van der Waals surface area contributed by atoms with Crippen molar-refractivity contribution in [3.8, 4) is 0 Å². The highest BCUT2D eigenvalue weighted by Crippen LogP contribution is 2.23. The molecule has 1 heteroatoms. The normalized spacial score (nSPS) is 20.8. The van der Waals surface area contributed by atoms with Crippen molar-refractivity contribution in [3.63, 3.8) is 0 Å². The zero-order valence-electron chi connectivity index (χ0n) is 11.4. The molecular formula is C16H25N. The number of hydrogen-bond donors (Lipinski definition) is 1. The summed E-state index contributed by atoms with van der Waals surface area (Å²) < 4.78 is 0. The highest BCUT2D eigenvalue weighted by molar-refractivity contribution is 5.27. The first kappa shape index (κ1) is 12.6. The molecule has 1 aromatic rings. The van der Waals surface area contributed by atoms with E-state index in [9.17, 15) is 0 Å². The Morgan fingerprint density at radius 2 is 1.88 bits per heavy atom. The molecule has 1 nitrogen and oxygen atoms in total. The molecule has 94 valence electrons. The highest BCUT2D eigenvalue weighted by Gasteiger charge is 2.15. The molecule has 1 aromatic carbocycles. The van der Waals surface area contributed by atoms with E-state index in [0.717, 1.165) is 5.92 Å². The van der Waals surface area contributed by atoms with Crippen LogP contribution in [0.1, 0.15) is 44.7 Å². The summed E-state index contributed by atoms with van der Waals surface area (Å²) in [5.74, 6) is 0.900. The topological polar surface area (TPSA) is 12.0 Å². The van der Waals surface area contributed by atoms with Gasteiger partial charge in [0.2, 0.25) is 0 Å². The molecule has 1 aliphatic heterocycles. The van der Waals surface area contributed by atoms with E-state index in [-0.39, 0.29) is 5.41 Å². The lowest BCUT2D eigenvalue weighted by Crippen LogP contribution is -2.11. The summed E-state index contributed by atoms with van der Waals surface area (Å²) in [7, 11) is 0. The Morgan fingerprint density at radius 3 is 2.41 bits per heavy atom. The first-order valence-electron chi connectivity index (χ1n) is 6.86. The molecule has 0 spiro atoms. The largest absolute Gasteiger partial charge is 0.316 e. The molecule has 1 aliphatic rings. The van der Waals surface area contributed by atoms with Crippen LogP contribution < -0.4 is 5.32 Å². The average Bonchev–Trinajstić information content (AvgIpc) is 2.78. The summed E-state index contributed by atoms with van der Waals surface area (Å²) in [6, 6.07) is 9.20. The third-order valence-electron chi connectivity index (χ3n) is 3.82. The number of aryl methyl sites for hydroxylation is 1. The van der Waals surface area contributed by atoms with Crippen molar-refractivity contribution in [1.29, 1.82) is 0 Å². The average molecular weight is 231 g/mol.